The van der Waals surface area contributed by atoms with Crippen molar-refractivity contribution in [2.75, 3.05) is 13.1 Å². The number of benzene rings is 2. The summed E-state index contributed by atoms with van der Waals surface area (Å²) in [4.78, 5) is 78.6. The van der Waals surface area contributed by atoms with Gasteiger partial charge in [0.15, 0.2) is 0 Å². The molecule has 5 amide bonds. The van der Waals surface area contributed by atoms with Crippen molar-refractivity contribution < 1.29 is 43.0 Å². The third-order valence-corrected chi connectivity index (χ3v) is 7.91. The van der Waals surface area contributed by atoms with Gasteiger partial charge in [0, 0.05) is 13.1 Å². The van der Waals surface area contributed by atoms with Gasteiger partial charge in [0.1, 0.15) is 43.0 Å². The minimum absolute atomic E-state index is 0.0651. The van der Waals surface area contributed by atoms with E-state index in [1.54, 1.807) is 20.8 Å². The zero-order valence-corrected chi connectivity index (χ0v) is 30.1. The third-order valence-electron chi connectivity index (χ3n) is 7.91. The van der Waals surface area contributed by atoms with E-state index < -0.39 is 65.6 Å². The molecule has 2 aromatic rings. The van der Waals surface area contributed by atoms with E-state index in [9.17, 15) is 28.8 Å². The van der Waals surface area contributed by atoms with Gasteiger partial charge in [-0.1, -0.05) is 60.7 Å². The Morgan fingerprint density at radius 3 is 2.00 bits per heavy atom. The second-order valence-electron chi connectivity index (χ2n) is 13.4. The molecule has 0 saturated carbocycles. The Morgan fingerprint density at radius 1 is 0.784 bits per heavy atom. The van der Waals surface area contributed by atoms with E-state index in [0.29, 0.717) is 32.2 Å². The normalized spacial score (nSPS) is 15.8. The lowest BCUT2D eigenvalue weighted by molar-refractivity contribution is -0.149. The van der Waals surface area contributed by atoms with Crippen molar-refractivity contribution in [3.8, 4) is 0 Å². The third kappa shape index (κ3) is 14.3. The van der Waals surface area contributed by atoms with Crippen molar-refractivity contribution in [3.05, 3.63) is 71.8 Å². The summed E-state index contributed by atoms with van der Waals surface area (Å²) in [6, 6.07) is 14.6. The molecule has 1 aliphatic heterocycles. The van der Waals surface area contributed by atoms with Crippen molar-refractivity contribution in [1.29, 1.82) is 0 Å². The van der Waals surface area contributed by atoms with Crippen LogP contribution in [-0.2, 0) is 46.6 Å². The summed E-state index contributed by atoms with van der Waals surface area (Å²) in [5.41, 5.74) is 0.863. The second-order valence-corrected chi connectivity index (χ2v) is 13.4. The number of likely N-dealkylation sites (tertiary alicyclic amines) is 1. The maximum Gasteiger partial charge on any atom is 0.408 e. The summed E-state index contributed by atoms with van der Waals surface area (Å²) < 4.78 is 15.9. The maximum absolute atomic E-state index is 13.5. The fraction of sp³-hybridized carbons (Fsp3) is 0.514. The number of amides is 5. The lowest BCUT2D eigenvalue weighted by Gasteiger charge is -2.29. The molecule has 278 valence electrons. The van der Waals surface area contributed by atoms with E-state index in [4.69, 9.17) is 14.2 Å². The first-order valence-electron chi connectivity index (χ1n) is 17.3. The molecule has 1 heterocycles. The summed E-state index contributed by atoms with van der Waals surface area (Å²) in [5.74, 6) is -2.18. The molecule has 0 aliphatic carbocycles. The SMILES string of the molecule is C[C@@H](NC(=O)[C@@H]1CCCN1C(=O)[C@@H](C)NC(=O)[C@H](CCCCNC(=O)OCc1ccccc1)NC(=O)OC(C)(C)C)C(=O)OCc1ccccc1. The molecule has 1 saturated heterocycles. The second kappa shape index (κ2) is 19.9. The summed E-state index contributed by atoms with van der Waals surface area (Å²) >= 11 is 0. The van der Waals surface area contributed by atoms with Gasteiger partial charge in [-0.2, -0.15) is 0 Å². The number of hydrogen-bond donors (Lipinski definition) is 4. The van der Waals surface area contributed by atoms with Gasteiger partial charge >= 0.3 is 18.2 Å². The van der Waals surface area contributed by atoms with E-state index in [0.717, 1.165) is 11.1 Å². The van der Waals surface area contributed by atoms with E-state index in [1.165, 1.54) is 18.7 Å². The van der Waals surface area contributed by atoms with Crippen molar-refractivity contribution in [3.63, 3.8) is 0 Å². The minimum Gasteiger partial charge on any atom is -0.459 e. The monoisotopic (exact) mass is 709 g/mol. The van der Waals surface area contributed by atoms with Crippen molar-refractivity contribution in [1.82, 2.24) is 26.2 Å². The zero-order valence-electron chi connectivity index (χ0n) is 30.1. The molecular weight excluding hydrogens is 658 g/mol. The molecule has 0 spiro atoms. The van der Waals surface area contributed by atoms with Gasteiger partial charge in [0.25, 0.3) is 0 Å². The molecule has 1 fully saturated rings. The van der Waals surface area contributed by atoms with Crippen LogP contribution >= 0.6 is 0 Å². The van der Waals surface area contributed by atoms with Crippen LogP contribution in [0.25, 0.3) is 0 Å². The lowest BCUT2D eigenvalue weighted by atomic mass is 10.1. The predicted molar refractivity (Wildman–Crippen MR) is 188 cm³/mol. The van der Waals surface area contributed by atoms with E-state index in [2.05, 4.69) is 21.3 Å². The van der Waals surface area contributed by atoms with Crippen LogP contribution in [0.5, 0.6) is 0 Å². The Hall–Kier alpha value is -5.14. The first-order valence-corrected chi connectivity index (χ1v) is 17.3. The predicted octanol–water partition coefficient (Wildman–Crippen LogP) is 3.72. The lowest BCUT2D eigenvalue weighted by Crippen LogP contribution is -2.56. The number of carbonyl (C=O) groups is 6. The Labute approximate surface area is 299 Å². The fourth-order valence-corrected chi connectivity index (χ4v) is 5.31. The van der Waals surface area contributed by atoms with Gasteiger partial charge in [-0.15, -0.1) is 0 Å². The average Bonchev–Trinajstić information content (AvgIpc) is 3.59. The van der Waals surface area contributed by atoms with Gasteiger partial charge in [0.05, 0.1) is 0 Å². The van der Waals surface area contributed by atoms with E-state index in [-0.39, 0.29) is 26.2 Å². The number of nitrogens with one attached hydrogen (secondary N) is 4. The minimum atomic E-state index is -1.04. The summed E-state index contributed by atoms with van der Waals surface area (Å²) in [7, 11) is 0. The van der Waals surface area contributed by atoms with Gasteiger partial charge in [-0.3, -0.25) is 14.4 Å². The number of nitrogens with zero attached hydrogens (tertiary/aromatic N) is 1. The number of hydrogen-bond acceptors (Lipinski definition) is 9. The number of carbonyl (C=O) groups excluding carboxylic acids is 6. The van der Waals surface area contributed by atoms with Crippen LogP contribution in [-0.4, -0.2) is 83.6 Å². The maximum atomic E-state index is 13.5. The average molecular weight is 710 g/mol. The Morgan fingerprint density at radius 2 is 1.39 bits per heavy atom. The zero-order chi connectivity index (χ0) is 37.4. The molecule has 1 aliphatic rings. The molecule has 0 aromatic heterocycles. The molecule has 0 bridgehead atoms. The molecule has 4 N–H and O–H groups in total. The molecular formula is C37H51N5O9. The van der Waals surface area contributed by atoms with Crippen molar-refractivity contribution >= 4 is 35.9 Å². The number of ether oxygens (including phenoxy) is 3. The standard InChI is InChI=1S/C37H51N5O9/c1-25(33(45)42-22-14-20-30(42)32(44)40-26(2)34(46)49-23-27-15-8-6-9-16-27)39-31(43)29(41-36(48)51-37(3,4)5)19-12-13-21-38-35(47)50-24-28-17-10-7-11-18-28/h6-11,15-18,25-26,29-30H,12-14,19-24H2,1-5H3,(H,38,47)(H,39,43)(H,40,44)(H,41,48)/t25-,26-,29+,30+/m1/s1. The molecule has 14 nitrogen and oxygen atoms in total. The van der Waals surface area contributed by atoms with Crippen LogP contribution in [0.1, 0.15) is 77.8 Å². The van der Waals surface area contributed by atoms with E-state index in [1.807, 2.05) is 60.7 Å². The van der Waals surface area contributed by atoms with Crippen LogP contribution in [0.4, 0.5) is 9.59 Å². The molecule has 51 heavy (non-hydrogen) atoms. The van der Waals surface area contributed by atoms with Crippen molar-refractivity contribution in [2.45, 2.75) is 110 Å². The van der Waals surface area contributed by atoms with Gasteiger partial charge < -0.3 is 40.4 Å². The first-order chi connectivity index (χ1) is 24.2. The van der Waals surface area contributed by atoms with Crippen LogP contribution in [0.3, 0.4) is 0 Å². The molecule has 0 unspecified atom stereocenters. The number of esters is 1. The first kappa shape index (κ1) is 40.3. The highest BCUT2D eigenvalue weighted by molar-refractivity contribution is 5.95. The van der Waals surface area contributed by atoms with Gasteiger partial charge in [-0.05, 0) is 77.8 Å². The number of unbranched alkanes of at least 4 members (excludes halogenated alkanes) is 1. The summed E-state index contributed by atoms with van der Waals surface area (Å²) in [5, 5.41) is 10.6. The molecule has 4 atom stereocenters. The summed E-state index contributed by atoms with van der Waals surface area (Å²) in [6.45, 7) is 8.89. The van der Waals surface area contributed by atoms with Crippen molar-refractivity contribution in [2.24, 2.45) is 0 Å². The highest BCUT2D eigenvalue weighted by Crippen LogP contribution is 2.19. The molecule has 14 heteroatoms. The largest absolute Gasteiger partial charge is 0.459 e. The fourth-order valence-electron chi connectivity index (χ4n) is 5.31. The molecule has 0 radical (unpaired) electrons. The Balaban J connectivity index is 1.50. The Kier molecular flexibility index (Phi) is 15.7. The quantitative estimate of drug-likeness (QED) is 0.115. The Bertz CT molecular complexity index is 1470. The molecule has 3 rings (SSSR count). The summed E-state index contributed by atoms with van der Waals surface area (Å²) in [6.07, 6.45) is 0.706. The number of rotatable bonds is 16. The van der Waals surface area contributed by atoms with Crippen LogP contribution in [0.2, 0.25) is 0 Å². The van der Waals surface area contributed by atoms with Crippen LogP contribution < -0.4 is 21.3 Å². The van der Waals surface area contributed by atoms with Crippen LogP contribution in [0.15, 0.2) is 60.7 Å². The van der Waals surface area contributed by atoms with Crippen LogP contribution in [0, 0.1) is 0 Å². The van der Waals surface area contributed by atoms with Gasteiger partial charge in [-0.25, -0.2) is 14.4 Å². The highest BCUT2D eigenvalue weighted by Gasteiger charge is 2.38. The van der Waals surface area contributed by atoms with E-state index >= 15 is 0 Å². The molecule has 2 aromatic carbocycles. The highest BCUT2D eigenvalue weighted by atomic mass is 16.6. The topological polar surface area (TPSA) is 181 Å². The smallest absolute Gasteiger partial charge is 0.408 e. The number of alkyl carbamates (subject to hydrolysis) is 2. The van der Waals surface area contributed by atoms with Gasteiger partial charge in [0.2, 0.25) is 17.7 Å².